The maximum atomic E-state index is 14.2. The third kappa shape index (κ3) is 3.50. The number of hydrogen-bond acceptors (Lipinski definition) is 4. The summed E-state index contributed by atoms with van der Waals surface area (Å²) in [6, 6.07) is 3.29. The van der Waals surface area contributed by atoms with Crippen LogP contribution < -0.4 is 21.9 Å². The van der Waals surface area contributed by atoms with Crippen LogP contribution in [0.1, 0.15) is 48.9 Å². The van der Waals surface area contributed by atoms with Gasteiger partial charge in [-0.2, -0.15) is 0 Å². The maximum Gasteiger partial charge on any atom is 0.267 e. The van der Waals surface area contributed by atoms with Crippen molar-refractivity contribution in [1.29, 1.82) is 0 Å². The van der Waals surface area contributed by atoms with E-state index in [0.717, 1.165) is 19.4 Å². The van der Waals surface area contributed by atoms with Crippen molar-refractivity contribution in [1.82, 2.24) is 5.43 Å². The molecule has 1 aromatic carbocycles. The topological polar surface area (TPSA) is 79.2 Å². The number of hydrazine groups is 1. The number of nitrogen functional groups attached to an aromatic ring is 1. The van der Waals surface area contributed by atoms with Gasteiger partial charge >= 0.3 is 0 Å². The summed E-state index contributed by atoms with van der Waals surface area (Å²) in [6.07, 6.45) is 6.93. The quantitative estimate of drug-likeness (QED) is 0.370. The number of halogens is 1. The Hall–Kier alpha value is -1.82. The highest BCUT2D eigenvalue weighted by Gasteiger charge is 2.23. The van der Waals surface area contributed by atoms with Crippen LogP contribution >= 0.6 is 0 Å². The van der Waals surface area contributed by atoms with Gasteiger partial charge in [0.15, 0.2) is 0 Å². The molecular weight excluding hydrogens is 283 g/mol. The average molecular weight is 306 g/mol. The molecule has 120 valence electrons. The summed E-state index contributed by atoms with van der Waals surface area (Å²) in [4.78, 5) is 11.9. The summed E-state index contributed by atoms with van der Waals surface area (Å²) in [6.45, 7) is 0.780. The van der Waals surface area contributed by atoms with Gasteiger partial charge in [0.05, 0.1) is 11.3 Å². The first kappa shape index (κ1) is 15.1. The molecule has 0 radical (unpaired) electrons. The van der Waals surface area contributed by atoms with Crippen LogP contribution in [-0.4, -0.2) is 18.5 Å². The molecule has 1 amide bonds. The second kappa shape index (κ2) is 6.52. The van der Waals surface area contributed by atoms with E-state index in [0.29, 0.717) is 23.3 Å². The van der Waals surface area contributed by atoms with E-state index in [1.54, 1.807) is 6.07 Å². The van der Waals surface area contributed by atoms with Gasteiger partial charge in [-0.1, -0.05) is 12.8 Å². The Morgan fingerprint density at radius 3 is 2.55 bits per heavy atom. The molecular formula is C16H23FN4O. The van der Waals surface area contributed by atoms with Gasteiger partial charge < -0.3 is 10.6 Å². The van der Waals surface area contributed by atoms with Crippen molar-refractivity contribution < 1.29 is 9.18 Å². The predicted octanol–water partition coefficient (Wildman–Crippen LogP) is 2.61. The molecule has 0 saturated heterocycles. The Morgan fingerprint density at radius 1 is 1.18 bits per heavy atom. The molecule has 2 saturated carbocycles. The number of anilines is 2. The standard InChI is InChI=1S/C16H23FN4O/c17-13-7-12(16(22)21-18)14(20-11-3-1-2-4-11)8-15(13)19-9-10-5-6-10/h7-8,10-11,19-20H,1-6,9,18H2,(H,21,22). The molecule has 22 heavy (non-hydrogen) atoms. The van der Waals surface area contributed by atoms with Crippen molar-refractivity contribution in [2.24, 2.45) is 11.8 Å². The number of nitrogens with one attached hydrogen (secondary N) is 3. The first-order chi connectivity index (χ1) is 10.7. The summed E-state index contributed by atoms with van der Waals surface area (Å²) >= 11 is 0. The molecule has 2 aliphatic carbocycles. The number of carbonyl (C=O) groups is 1. The van der Waals surface area contributed by atoms with Gasteiger partial charge in [0.25, 0.3) is 5.91 Å². The zero-order valence-corrected chi connectivity index (χ0v) is 12.6. The lowest BCUT2D eigenvalue weighted by Gasteiger charge is -2.18. The van der Waals surface area contributed by atoms with E-state index < -0.39 is 11.7 Å². The monoisotopic (exact) mass is 306 g/mol. The van der Waals surface area contributed by atoms with Gasteiger partial charge in [0, 0.05) is 18.3 Å². The van der Waals surface area contributed by atoms with Gasteiger partial charge in [-0.3, -0.25) is 10.2 Å². The van der Waals surface area contributed by atoms with Gasteiger partial charge in [0.1, 0.15) is 5.82 Å². The molecule has 3 rings (SSSR count). The van der Waals surface area contributed by atoms with Crippen LogP contribution in [0.15, 0.2) is 12.1 Å². The zero-order chi connectivity index (χ0) is 15.5. The highest BCUT2D eigenvalue weighted by molar-refractivity contribution is 6.00. The van der Waals surface area contributed by atoms with Crippen molar-refractivity contribution in [2.45, 2.75) is 44.6 Å². The highest BCUT2D eigenvalue weighted by Crippen LogP contribution is 2.32. The maximum absolute atomic E-state index is 14.2. The highest BCUT2D eigenvalue weighted by atomic mass is 19.1. The third-order valence-electron chi connectivity index (χ3n) is 4.48. The normalized spacial score (nSPS) is 18.3. The lowest BCUT2D eigenvalue weighted by Crippen LogP contribution is -2.31. The van der Waals surface area contributed by atoms with Gasteiger partial charge in [-0.25, -0.2) is 10.2 Å². The lowest BCUT2D eigenvalue weighted by atomic mass is 10.1. The van der Waals surface area contributed by atoms with Gasteiger partial charge in [0.2, 0.25) is 0 Å². The van der Waals surface area contributed by atoms with Crippen LogP contribution in [0, 0.1) is 11.7 Å². The number of rotatable bonds is 6. The minimum absolute atomic E-state index is 0.254. The fourth-order valence-electron chi connectivity index (χ4n) is 2.96. The molecule has 6 heteroatoms. The lowest BCUT2D eigenvalue weighted by molar-refractivity contribution is 0.0954. The summed E-state index contributed by atoms with van der Waals surface area (Å²) in [5.74, 6) is 4.96. The summed E-state index contributed by atoms with van der Waals surface area (Å²) < 4.78 is 14.2. The Balaban J connectivity index is 1.83. The van der Waals surface area contributed by atoms with E-state index in [2.05, 4.69) is 16.1 Å². The summed E-state index contributed by atoms with van der Waals surface area (Å²) in [7, 11) is 0. The molecule has 0 atom stereocenters. The second-order valence-corrected chi connectivity index (χ2v) is 6.30. The SMILES string of the molecule is NNC(=O)c1cc(F)c(NCC2CC2)cc1NC1CCCC1. The van der Waals surface area contributed by atoms with Crippen LogP contribution in [0.5, 0.6) is 0 Å². The first-order valence-electron chi connectivity index (χ1n) is 8.02. The second-order valence-electron chi connectivity index (χ2n) is 6.30. The molecule has 2 fully saturated rings. The third-order valence-corrected chi connectivity index (χ3v) is 4.48. The smallest absolute Gasteiger partial charge is 0.267 e. The van der Waals surface area contributed by atoms with Crippen molar-refractivity contribution >= 4 is 17.3 Å². The largest absolute Gasteiger partial charge is 0.382 e. The molecule has 5 nitrogen and oxygen atoms in total. The predicted molar refractivity (Wildman–Crippen MR) is 85.1 cm³/mol. The summed E-state index contributed by atoms with van der Waals surface area (Å²) in [5, 5.41) is 6.52. The van der Waals surface area contributed by atoms with Gasteiger partial charge in [-0.05, 0) is 43.7 Å². The Bertz CT molecular complexity index is 553. The fraction of sp³-hybridized carbons (Fsp3) is 0.562. The van der Waals surface area contributed by atoms with Crippen LogP contribution in [0.3, 0.4) is 0 Å². The van der Waals surface area contributed by atoms with E-state index in [9.17, 15) is 9.18 Å². The van der Waals surface area contributed by atoms with Crippen LogP contribution in [0.2, 0.25) is 0 Å². The number of amides is 1. The van der Waals surface area contributed by atoms with E-state index in [-0.39, 0.29) is 5.56 Å². The van der Waals surface area contributed by atoms with E-state index in [1.165, 1.54) is 31.7 Å². The average Bonchev–Trinajstić information content (AvgIpc) is 3.21. The van der Waals surface area contributed by atoms with E-state index >= 15 is 0 Å². The zero-order valence-electron chi connectivity index (χ0n) is 12.6. The van der Waals surface area contributed by atoms with Crippen molar-refractivity contribution in [2.75, 3.05) is 17.2 Å². The molecule has 0 spiro atoms. The minimum atomic E-state index is -0.479. The number of carbonyl (C=O) groups excluding carboxylic acids is 1. The fourth-order valence-corrected chi connectivity index (χ4v) is 2.96. The van der Waals surface area contributed by atoms with Crippen LogP contribution in [-0.2, 0) is 0 Å². The number of hydrogen-bond donors (Lipinski definition) is 4. The van der Waals surface area contributed by atoms with E-state index in [4.69, 9.17) is 5.84 Å². The first-order valence-corrected chi connectivity index (χ1v) is 8.02. The van der Waals surface area contributed by atoms with Crippen LogP contribution in [0.25, 0.3) is 0 Å². The molecule has 0 aliphatic heterocycles. The molecule has 0 heterocycles. The molecule has 0 unspecified atom stereocenters. The Kier molecular flexibility index (Phi) is 4.47. The molecule has 0 bridgehead atoms. The molecule has 5 N–H and O–H groups in total. The van der Waals surface area contributed by atoms with Crippen molar-refractivity contribution in [3.05, 3.63) is 23.5 Å². The van der Waals surface area contributed by atoms with E-state index in [1.807, 2.05) is 0 Å². The number of benzene rings is 1. The Labute approximate surface area is 129 Å². The van der Waals surface area contributed by atoms with Gasteiger partial charge in [-0.15, -0.1) is 0 Å². The molecule has 1 aromatic rings. The van der Waals surface area contributed by atoms with Crippen molar-refractivity contribution in [3.8, 4) is 0 Å². The van der Waals surface area contributed by atoms with Crippen LogP contribution in [0.4, 0.5) is 15.8 Å². The molecule has 2 aliphatic rings. The number of nitrogens with two attached hydrogens (primary N) is 1. The molecule has 0 aromatic heterocycles. The van der Waals surface area contributed by atoms with Crippen molar-refractivity contribution in [3.63, 3.8) is 0 Å². The minimum Gasteiger partial charge on any atom is -0.382 e. The Morgan fingerprint density at radius 2 is 1.91 bits per heavy atom. The summed E-state index contributed by atoms with van der Waals surface area (Å²) in [5.41, 5.74) is 3.43.